The van der Waals surface area contributed by atoms with E-state index in [1.54, 1.807) is 7.05 Å². The highest BCUT2D eigenvalue weighted by molar-refractivity contribution is 5.71. The second kappa shape index (κ2) is 6.63. The lowest BCUT2D eigenvalue weighted by Gasteiger charge is -2.28. The van der Waals surface area contributed by atoms with Gasteiger partial charge in [0.1, 0.15) is 5.82 Å². The van der Waals surface area contributed by atoms with Crippen molar-refractivity contribution >= 4 is 11.2 Å². The standard InChI is InChI=1S/C18H27N5O2/c1-11(2)9-10-23-14-16(21(3)18(25)22(4)17(14)24)20-15(23)12-7-5-6-8-13(12)19/h9,12-13H,5-8,10,19H2,1-4H3/t12-,13-/m0/s1. The van der Waals surface area contributed by atoms with E-state index in [0.717, 1.165) is 36.1 Å². The van der Waals surface area contributed by atoms with Gasteiger partial charge in [-0.15, -0.1) is 0 Å². The van der Waals surface area contributed by atoms with Crippen molar-refractivity contribution < 1.29 is 0 Å². The molecule has 7 heteroatoms. The van der Waals surface area contributed by atoms with E-state index < -0.39 is 0 Å². The van der Waals surface area contributed by atoms with E-state index in [1.807, 2.05) is 18.4 Å². The molecule has 25 heavy (non-hydrogen) atoms. The van der Waals surface area contributed by atoms with E-state index in [1.165, 1.54) is 17.2 Å². The maximum Gasteiger partial charge on any atom is 0.332 e. The van der Waals surface area contributed by atoms with Crippen LogP contribution >= 0.6 is 0 Å². The summed E-state index contributed by atoms with van der Waals surface area (Å²) in [4.78, 5) is 29.8. The minimum absolute atomic E-state index is 0.0388. The lowest BCUT2D eigenvalue weighted by Crippen LogP contribution is -2.37. The molecule has 136 valence electrons. The van der Waals surface area contributed by atoms with Crippen LogP contribution in [-0.2, 0) is 20.6 Å². The molecule has 0 bridgehead atoms. The number of nitrogens with zero attached hydrogens (tertiary/aromatic N) is 4. The van der Waals surface area contributed by atoms with Crippen LogP contribution in [0.25, 0.3) is 11.2 Å². The summed E-state index contributed by atoms with van der Waals surface area (Å²) in [5, 5.41) is 0. The highest BCUT2D eigenvalue weighted by Gasteiger charge is 2.30. The fourth-order valence-corrected chi connectivity index (χ4v) is 3.69. The van der Waals surface area contributed by atoms with Gasteiger partial charge in [-0.25, -0.2) is 9.78 Å². The Morgan fingerprint density at radius 3 is 2.52 bits per heavy atom. The Bertz CT molecular complexity index is 943. The lowest BCUT2D eigenvalue weighted by atomic mass is 9.84. The molecule has 0 spiro atoms. The molecule has 0 amide bonds. The average Bonchev–Trinajstić information content (AvgIpc) is 2.96. The third-order valence-electron chi connectivity index (χ3n) is 5.21. The summed E-state index contributed by atoms with van der Waals surface area (Å²) in [6.07, 6.45) is 6.25. The van der Waals surface area contributed by atoms with Crippen molar-refractivity contribution in [3.63, 3.8) is 0 Å². The number of allylic oxidation sites excluding steroid dienone is 2. The largest absolute Gasteiger partial charge is 0.332 e. The average molecular weight is 345 g/mol. The van der Waals surface area contributed by atoms with Gasteiger partial charge in [0.25, 0.3) is 5.56 Å². The van der Waals surface area contributed by atoms with Crippen molar-refractivity contribution in [3.8, 4) is 0 Å². The Balaban J connectivity index is 2.32. The van der Waals surface area contributed by atoms with Crippen LogP contribution in [0.1, 0.15) is 51.3 Å². The Hall–Kier alpha value is -2.15. The SMILES string of the molecule is CC(C)=CCn1c([C@H]2CCCC[C@@H]2N)nc2c1c(=O)n(C)c(=O)n2C. The van der Waals surface area contributed by atoms with Gasteiger partial charge in [0.05, 0.1) is 0 Å². The quantitative estimate of drug-likeness (QED) is 0.852. The topological polar surface area (TPSA) is 87.8 Å². The fourth-order valence-electron chi connectivity index (χ4n) is 3.69. The van der Waals surface area contributed by atoms with Gasteiger partial charge in [-0.1, -0.05) is 24.5 Å². The molecule has 0 radical (unpaired) electrons. The molecular formula is C18H27N5O2. The van der Waals surface area contributed by atoms with Gasteiger partial charge < -0.3 is 10.3 Å². The highest BCUT2D eigenvalue weighted by Crippen LogP contribution is 2.32. The van der Waals surface area contributed by atoms with E-state index >= 15 is 0 Å². The number of rotatable bonds is 3. The van der Waals surface area contributed by atoms with Crippen molar-refractivity contribution in [3.05, 3.63) is 38.3 Å². The van der Waals surface area contributed by atoms with Gasteiger partial charge in [-0.05, 0) is 26.7 Å². The van der Waals surface area contributed by atoms with Crippen LogP contribution in [0.5, 0.6) is 0 Å². The molecule has 1 aliphatic carbocycles. The number of hydrogen-bond acceptors (Lipinski definition) is 4. The minimum Gasteiger partial charge on any atom is -0.327 e. The zero-order valence-corrected chi connectivity index (χ0v) is 15.5. The molecular weight excluding hydrogens is 318 g/mol. The maximum atomic E-state index is 12.8. The predicted octanol–water partition coefficient (Wildman–Crippen LogP) is 1.38. The summed E-state index contributed by atoms with van der Waals surface area (Å²) in [5.74, 6) is 0.949. The third kappa shape index (κ3) is 2.97. The van der Waals surface area contributed by atoms with Gasteiger partial charge >= 0.3 is 5.69 Å². The maximum absolute atomic E-state index is 12.8. The van der Waals surface area contributed by atoms with E-state index in [-0.39, 0.29) is 23.2 Å². The van der Waals surface area contributed by atoms with Crippen LogP contribution < -0.4 is 17.0 Å². The molecule has 0 aliphatic heterocycles. The predicted molar refractivity (Wildman–Crippen MR) is 98.8 cm³/mol. The van der Waals surface area contributed by atoms with Gasteiger partial charge in [0.2, 0.25) is 0 Å². The van der Waals surface area contributed by atoms with Crippen molar-refractivity contribution in [1.82, 2.24) is 18.7 Å². The summed E-state index contributed by atoms with van der Waals surface area (Å²) in [6.45, 7) is 4.61. The fraction of sp³-hybridized carbons (Fsp3) is 0.611. The van der Waals surface area contributed by atoms with Gasteiger partial charge in [-0.2, -0.15) is 0 Å². The first kappa shape index (κ1) is 17.7. The molecule has 2 atom stereocenters. The highest BCUT2D eigenvalue weighted by atomic mass is 16.2. The van der Waals surface area contributed by atoms with Crippen molar-refractivity contribution in [2.24, 2.45) is 19.8 Å². The molecule has 1 saturated carbocycles. The monoisotopic (exact) mass is 345 g/mol. The van der Waals surface area contributed by atoms with E-state index in [4.69, 9.17) is 10.7 Å². The molecule has 1 fully saturated rings. The Labute approximate surface area is 146 Å². The van der Waals surface area contributed by atoms with Crippen molar-refractivity contribution in [1.29, 1.82) is 0 Å². The van der Waals surface area contributed by atoms with Gasteiger partial charge in [-0.3, -0.25) is 13.9 Å². The number of nitrogens with two attached hydrogens (primary N) is 1. The van der Waals surface area contributed by atoms with Gasteiger partial charge in [0, 0.05) is 32.6 Å². The van der Waals surface area contributed by atoms with Crippen LogP contribution in [-0.4, -0.2) is 24.7 Å². The number of fused-ring (bicyclic) bond motifs is 1. The van der Waals surface area contributed by atoms with Gasteiger partial charge in [0.15, 0.2) is 11.2 Å². The Morgan fingerprint density at radius 1 is 1.20 bits per heavy atom. The second-order valence-corrected chi connectivity index (χ2v) is 7.29. The first-order chi connectivity index (χ1) is 11.8. The molecule has 2 heterocycles. The van der Waals surface area contributed by atoms with E-state index in [0.29, 0.717) is 17.7 Å². The number of imidazole rings is 1. The molecule has 2 aromatic heterocycles. The molecule has 7 nitrogen and oxygen atoms in total. The van der Waals surface area contributed by atoms with E-state index in [2.05, 4.69) is 6.08 Å². The Morgan fingerprint density at radius 2 is 1.88 bits per heavy atom. The summed E-state index contributed by atoms with van der Waals surface area (Å²) in [7, 11) is 3.17. The van der Waals surface area contributed by atoms with Crippen LogP contribution in [0.15, 0.2) is 21.2 Å². The Kier molecular flexibility index (Phi) is 4.69. The van der Waals surface area contributed by atoms with Crippen LogP contribution in [0, 0.1) is 0 Å². The lowest BCUT2D eigenvalue weighted by molar-refractivity contribution is 0.367. The van der Waals surface area contributed by atoms with Crippen molar-refractivity contribution in [2.45, 2.75) is 58.0 Å². The smallest absolute Gasteiger partial charge is 0.327 e. The number of aryl methyl sites for hydroxylation is 1. The van der Waals surface area contributed by atoms with Crippen LogP contribution in [0.2, 0.25) is 0 Å². The molecule has 3 rings (SSSR count). The summed E-state index contributed by atoms with van der Waals surface area (Å²) >= 11 is 0. The van der Waals surface area contributed by atoms with Crippen LogP contribution in [0.3, 0.4) is 0 Å². The first-order valence-electron chi connectivity index (χ1n) is 8.88. The van der Waals surface area contributed by atoms with Crippen LogP contribution in [0.4, 0.5) is 0 Å². The number of aromatic nitrogens is 4. The van der Waals surface area contributed by atoms with Crippen molar-refractivity contribution in [2.75, 3.05) is 0 Å². The normalized spacial score (nSPS) is 20.8. The molecule has 2 N–H and O–H groups in total. The van der Waals surface area contributed by atoms with E-state index in [9.17, 15) is 9.59 Å². The molecule has 0 saturated heterocycles. The third-order valence-corrected chi connectivity index (χ3v) is 5.21. The summed E-state index contributed by atoms with van der Waals surface area (Å²) in [5.41, 5.74) is 7.81. The zero-order chi connectivity index (χ0) is 18.3. The number of hydrogen-bond donors (Lipinski definition) is 1. The summed E-state index contributed by atoms with van der Waals surface area (Å²) in [6, 6.07) is 0.0388. The second-order valence-electron chi connectivity index (χ2n) is 7.29. The summed E-state index contributed by atoms with van der Waals surface area (Å²) < 4.78 is 4.56. The zero-order valence-electron chi connectivity index (χ0n) is 15.5. The molecule has 2 aromatic rings. The molecule has 0 aromatic carbocycles. The molecule has 0 unspecified atom stereocenters. The first-order valence-corrected chi connectivity index (χ1v) is 8.88. The molecule has 1 aliphatic rings. The minimum atomic E-state index is -0.358.